The molecule has 1 heterocycles. The molecule has 0 aliphatic heterocycles. The van der Waals surface area contributed by atoms with Crippen LogP contribution in [-0.2, 0) is 11.8 Å². The van der Waals surface area contributed by atoms with Crippen molar-refractivity contribution < 1.29 is 4.79 Å². The molecule has 1 aromatic heterocycles. The Morgan fingerprint density at radius 2 is 2.19 bits per heavy atom. The van der Waals surface area contributed by atoms with Crippen molar-refractivity contribution in [3.63, 3.8) is 0 Å². The molecule has 1 rings (SSSR count). The fourth-order valence-corrected chi connectivity index (χ4v) is 1.54. The highest BCUT2D eigenvalue weighted by Crippen LogP contribution is 2.18. The van der Waals surface area contributed by atoms with E-state index < -0.39 is 0 Å². The predicted octanol–water partition coefficient (Wildman–Crippen LogP) is 0.960. The monoisotopic (exact) mass is 224 g/mol. The van der Waals surface area contributed by atoms with Crippen molar-refractivity contribution in [3.8, 4) is 0 Å². The maximum Gasteiger partial charge on any atom is 0.224 e. The van der Waals surface area contributed by atoms with Crippen LogP contribution in [0, 0.1) is 19.8 Å². The van der Waals surface area contributed by atoms with Crippen LogP contribution in [0.2, 0.25) is 0 Å². The third-order valence-corrected chi connectivity index (χ3v) is 2.71. The zero-order valence-corrected chi connectivity index (χ0v) is 10.4. The van der Waals surface area contributed by atoms with Gasteiger partial charge in [-0.2, -0.15) is 5.10 Å². The van der Waals surface area contributed by atoms with E-state index in [0.29, 0.717) is 13.0 Å². The van der Waals surface area contributed by atoms with Crippen molar-refractivity contribution in [1.82, 2.24) is 9.78 Å². The zero-order chi connectivity index (χ0) is 12.3. The molecule has 0 bridgehead atoms. The van der Waals surface area contributed by atoms with Gasteiger partial charge in [-0.15, -0.1) is 0 Å². The van der Waals surface area contributed by atoms with Gasteiger partial charge in [0.2, 0.25) is 5.91 Å². The molecule has 90 valence electrons. The first-order valence-corrected chi connectivity index (χ1v) is 5.45. The van der Waals surface area contributed by atoms with Gasteiger partial charge in [0.1, 0.15) is 0 Å². The van der Waals surface area contributed by atoms with Crippen molar-refractivity contribution in [2.45, 2.75) is 27.2 Å². The fourth-order valence-electron chi connectivity index (χ4n) is 1.54. The summed E-state index contributed by atoms with van der Waals surface area (Å²) in [5, 5.41) is 7.13. The zero-order valence-electron chi connectivity index (χ0n) is 10.4. The van der Waals surface area contributed by atoms with E-state index in [1.807, 2.05) is 27.8 Å². The van der Waals surface area contributed by atoms with Gasteiger partial charge in [-0.05, 0) is 26.3 Å². The smallest absolute Gasteiger partial charge is 0.224 e. The molecule has 0 saturated heterocycles. The Labute approximate surface area is 96.0 Å². The Morgan fingerprint density at radius 3 is 2.62 bits per heavy atom. The summed E-state index contributed by atoms with van der Waals surface area (Å²) in [4.78, 5) is 11.7. The number of aromatic nitrogens is 2. The lowest BCUT2D eigenvalue weighted by molar-refractivity contribution is -0.116. The molecule has 0 aliphatic rings. The molecule has 0 spiro atoms. The van der Waals surface area contributed by atoms with Gasteiger partial charge in [-0.1, -0.05) is 6.92 Å². The largest absolute Gasteiger partial charge is 0.330 e. The lowest BCUT2D eigenvalue weighted by Gasteiger charge is -2.09. The predicted molar refractivity (Wildman–Crippen MR) is 64.1 cm³/mol. The normalized spacial score (nSPS) is 12.6. The van der Waals surface area contributed by atoms with Gasteiger partial charge in [-0.25, -0.2) is 0 Å². The van der Waals surface area contributed by atoms with Crippen molar-refractivity contribution in [2.24, 2.45) is 18.7 Å². The van der Waals surface area contributed by atoms with Crippen LogP contribution < -0.4 is 11.1 Å². The molecule has 1 amide bonds. The molecule has 5 nitrogen and oxygen atoms in total. The minimum atomic E-state index is -0.00264. The molecule has 3 N–H and O–H groups in total. The van der Waals surface area contributed by atoms with Crippen LogP contribution in [0.5, 0.6) is 0 Å². The summed E-state index contributed by atoms with van der Waals surface area (Å²) >= 11 is 0. The number of anilines is 1. The van der Waals surface area contributed by atoms with Crippen LogP contribution >= 0.6 is 0 Å². The molecule has 16 heavy (non-hydrogen) atoms. The summed E-state index contributed by atoms with van der Waals surface area (Å²) in [5.41, 5.74) is 8.10. The number of amides is 1. The first-order valence-electron chi connectivity index (χ1n) is 5.45. The highest BCUT2D eigenvalue weighted by atomic mass is 16.1. The highest BCUT2D eigenvalue weighted by molar-refractivity contribution is 5.92. The second-order valence-corrected chi connectivity index (χ2v) is 4.26. The maximum absolute atomic E-state index is 11.7. The SMILES string of the molecule is Cc1nn(C)c(C)c1NC(=O)CC(C)CN. The number of nitrogens with zero attached hydrogens (tertiary/aromatic N) is 2. The number of rotatable bonds is 4. The standard InChI is InChI=1S/C11H20N4O/c1-7(6-12)5-10(16)13-11-8(2)14-15(4)9(11)3/h7H,5-6,12H2,1-4H3,(H,13,16). The summed E-state index contributed by atoms with van der Waals surface area (Å²) < 4.78 is 1.76. The quantitative estimate of drug-likeness (QED) is 0.800. The average molecular weight is 224 g/mol. The minimum Gasteiger partial charge on any atom is -0.330 e. The van der Waals surface area contributed by atoms with Crippen LogP contribution in [0.4, 0.5) is 5.69 Å². The Balaban J connectivity index is 2.70. The average Bonchev–Trinajstić information content (AvgIpc) is 2.45. The fraction of sp³-hybridized carbons (Fsp3) is 0.636. The first-order chi connectivity index (χ1) is 7.45. The molecule has 5 heteroatoms. The molecule has 0 aliphatic carbocycles. The van der Waals surface area contributed by atoms with Crippen molar-refractivity contribution in [2.75, 3.05) is 11.9 Å². The Kier molecular flexibility index (Phi) is 4.06. The van der Waals surface area contributed by atoms with Gasteiger partial charge in [0.15, 0.2) is 0 Å². The molecular weight excluding hydrogens is 204 g/mol. The lowest BCUT2D eigenvalue weighted by atomic mass is 10.1. The van der Waals surface area contributed by atoms with Crippen molar-refractivity contribution in [3.05, 3.63) is 11.4 Å². The highest BCUT2D eigenvalue weighted by Gasteiger charge is 2.13. The maximum atomic E-state index is 11.7. The molecule has 0 fully saturated rings. The van der Waals surface area contributed by atoms with E-state index in [9.17, 15) is 4.79 Å². The number of carbonyl (C=O) groups is 1. The van der Waals surface area contributed by atoms with E-state index >= 15 is 0 Å². The molecule has 0 aromatic carbocycles. The van der Waals surface area contributed by atoms with Gasteiger partial charge < -0.3 is 11.1 Å². The molecule has 1 atom stereocenters. The third-order valence-electron chi connectivity index (χ3n) is 2.71. The van der Waals surface area contributed by atoms with Gasteiger partial charge >= 0.3 is 0 Å². The van der Waals surface area contributed by atoms with Crippen LogP contribution in [0.1, 0.15) is 24.7 Å². The van der Waals surface area contributed by atoms with E-state index in [4.69, 9.17) is 5.73 Å². The van der Waals surface area contributed by atoms with E-state index in [2.05, 4.69) is 10.4 Å². The summed E-state index contributed by atoms with van der Waals surface area (Å²) in [7, 11) is 1.86. The van der Waals surface area contributed by atoms with Gasteiger partial charge in [0.25, 0.3) is 0 Å². The summed E-state index contributed by atoms with van der Waals surface area (Å²) in [6, 6.07) is 0. The number of carbonyl (C=O) groups excluding carboxylic acids is 1. The Hall–Kier alpha value is -1.36. The first kappa shape index (κ1) is 12.7. The summed E-state index contributed by atoms with van der Waals surface area (Å²) in [5.74, 6) is 0.203. The van der Waals surface area contributed by atoms with E-state index in [-0.39, 0.29) is 11.8 Å². The van der Waals surface area contributed by atoms with Gasteiger partial charge in [-0.3, -0.25) is 9.48 Å². The van der Waals surface area contributed by atoms with E-state index in [1.54, 1.807) is 4.68 Å². The summed E-state index contributed by atoms with van der Waals surface area (Å²) in [6.07, 6.45) is 0.449. The number of hydrogen-bond donors (Lipinski definition) is 2. The van der Waals surface area contributed by atoms with E-state index in [0.717, 1.165) is 17.1 Å². The number of nitrogens with one attached hydrogen (secondary N) is 1. The van der Waals surface area contributed by atoms with E-state index in [1.165, 1.54) is 0 Å². The van der Waals surface area contributed by atoms with Crippen LogP contribution in [-0.4, -0.2) is 22.2 Å². The number of aryl methyl sites for hydroxylation is 2. The second kappa shape index (κ2) is 5.12. The molecule has 0 saturated carbocycles. The number of nitrogens with two attached hydrogens (primary N) is 1. The second-order valence-electron chi connectivity index (χ2n) is 4.26. The molecule has 1 unspecified atom stereocenters. The van der Waals surface area contributed by atoms with Crippen LogP contribution in [0.25, 0.3) is 0 Å². The van der Waals surface area contributed by atoms with Crippen LogP contribution in [0.15, 0.2) is 0 Å². The van der Waals surface area contributed by atoms with Crippen molar-refractivity contribution in [1.29, 1.82) is 0 Å². The topological polar surface area (TPSA) is 72.9 Å². The molecule has 0 radical (unpaired) electrons. The van der Waals surface area contributed by atoms with Crippen LogP contribution in [0.3, 0.4) is 0 Å². The lowest BCUT2D eigenvalue weighted by Crippen LogP contribution is -2.20. The van der Waals surface area contributed by atoms with Gasteiger partial charge in [0.05, 0.1) is 17.1 Å². The Morgan fingerprint density at radius 1 is 1.56 bits per heavy atom. The Bertz CT molecular complexity index is 384. The van der Waals surface area contributed by atoms with Crippen molar-refractivity contribution >= 4 is 11.6 Å². The summed E-state index contributed by atoms with van der Waals surface area (Å²) in [6.45, 7) is 6.30. The molecular formula is C11H20N4O. The minimum absolute atomic E-state index is 0.00264. The third kappa shape index (κ3) is 2.82. The van der Waals surface area contributed by atoms with Gasteiger partial charge in [0, 0.05) is 13.5 Å². The number of hydrogen-bond acceptors (Lipinski definition) is 3. The molecule has 1 aromatic rings.